The number of nitrogens with zero attached hydrogens (tertiary/aromatic N) is 6. The predicted molar refractivity (Wildman–Crippen MR) is 175 cm³/mol. The van der Waals surface area contributed by atoms with Gasteiger partial charge in [-0.25, -0.2) is 13.2 Å². The number of hydrogen-bond acceptors (Lipinski definition) is 9. The van der Waals surface area contributed by atoms with Crippen LogP contribution in [0.25, 0.3) is 16.5 Å². The van der Waals surface area contributed by atoms with Crippen molar-refractivity contribution in [3.63, 3.8) is 0 Å². The van der Waals surface area contributed by atoms with Gasteiger partial charge in [-0.1, -0.05) is 12.1 Å². The normalized spacial score (nSPS) is 27.7. The van der Waals surface area contributed by atoms with E-state index in [9.17, 15) is 9.18 Å². The van der Waals surface area contributed by atoms with Crippen molar-refractivity contribution in [3.8, 4) is 6.01 Å². The van der Waals surface area contributed by atoms with Crippen LogP contribution in [0.5, 0.6) is 6.01 Å². The number of pyridine rings is 1. The van der Waals surface area contributed by atoms with Gasteiger partial charge in [0.1, 0.15) is 29.0 Å². The van der Waals surface area contributed by atoms with Crippen LogP contribution in [0.3, 0.4) is 0 Å². The lowest BCUT2D eigenvalue weighted by molar-refractivity contribution is -0.128. The molecular formula is C34H43F3N8O2. The summed E-state index contributed by atoms with van der Waals surface area (Å²) in [4.78, 5) is 32.3. The number of rotatable bonds is 5. The van der Waals surface area contributed by atoms with Gasteiger partial charge in [0.15, 0.2) is 5.82 Å². The molecule has 0 radical (unpaired) electrons. The fourth-order valence-electron chi connectivity index (χ4n) is 7.85. The first-order valence-electron chi connectivity index (χ1n) is 16.8. The van der Waals surface area contributed by atoms with E-state index in [1.165, 1.54) is 30.0 Å². The molecule has 10 nitrogen and oxygen atoms in total. The predicted octanol–water partition coefficient (Wildman–Crippen LogP) is 4.03. The number of carbonyl (C=O) groups is 1. The second kappa shape index (κ2) is 12.3. The first-order chi connectivity index (χ1) is 22.9. The number of nitrogens with one attached hydrogen (secondary N) is 2. The van der Waals surface area contributed by atoms with Crippen LogP contribution in [-0.4, -0.2) is 100 Å². The third-order valence-corrected chi connectivity index (χ3v) is 10.1. The molecule has 47 heavy (non-hydrogen) atoms. The average Bonchev–Trinajstić information content (AvgIpc) is 3.61. The van der Waals surface area contributed by atoms with E-state index < -0.39 is 17.8 Å². The maximum atomic E-state index is 16.4. The van der Waals surface area contributed by atoms with Gasteiger partial charge in [0.2, 0.25) is 5.91 Å². The number of anilines is 1. The Morgan fingerprint density at radius 3 is 2.68 bits per heavy atom. The van der Waals surface area contributed by atoms with E-state index >= 15 is 8.78 Å². The van der Waals surface area contributed by atoms with E-state index in [-0.39, 0.29) is 49.7 Å². The average molecular weight is 653 g/mol. The van der Waals surface area contributed by atoms with Crippen molar-refractivity contribution in [2.45, 2.75) is 75.9 Å². The number of halogens is 3. The summed E-state index contributed by atoms with van der Waals surface area (Å²) in [5, 5.41) is 7.06. The molecule has 252 valence electrons. The molecular weight excluding hydrogens is 609 g/mol. The minimum Gasteiger partial charge on any atom is -0.464 e. The summed E-state index contributed by atoms with van der Waals surface area (Å²) in [5.74, 6) is -0.767. The highest BCUT2D eigenvalue weighted by molar-refractivity contribution is 5.95. The van der Waals surface area contributed by atoms with Crippen LogP contribution < -0.4 is 20.3 Å². The molecule has 1 aromatic carbocycles. The topological polar surface area (TPSA) is 109 Å². The SMILES string of the molecule is CCOc1nc(N2CC3CCC(C2)N3)c2cnc(C3=CN(C(=O)C4CN4)Cc4cccc(F)c43)c(F)c2n1.F[C@@H]1CC2CCCN2C1.[HH].[HH]. The van der Waals surface area contributed by atoms with Crippen LogP contribution in [0.15, 0.2) is 30.6 Å². The molecule has 6 aliphatic heterocycles. The van der Waals surface area contributed by atoms with E-state index in [2.05, 4.69) is 35.4 Å². The highest BCUT2D eigenvalue weighted by atomic mass is 19.1. The molecule has 5 saturated heterocycles. The highest BCUT2D eigenvalue weighted by Gasteiger charge is 2.37. The summed E-state index contributed by atoms with van der Waals surface area (Å²) in [6.45, 7) is 6.28. The molecule has 4 unspecified atom stereocenters. The van der Waals surface area contributed by atoms with Crippen molar-refractivity contribution in [1.29, 1.82) is 0 Å². The molecule has 2 bridgehead atoms. The number of carbonyl (C=O) groups excluding carboxylic acids is 1. The van der Waals surface area contributed by atoms with E-state index in [0.717, 1.165) is 38.9 Å². The number of aromatic nitrogens is 3. The zero-order valence-corrected chi connectivity index (χ0v) is 26.4. The van der Waals surface area contributed by atoms with Gasteiger partial charge in [0, 0.05) is 70.7 Å². The van der Waals surface area contributed by atoms with Gasteiger partial charge in [-0.05, 0) is 57.2 Å². The van der Waals surface area contributed by atoms with E-state index in [1.807, 2.05) is 6.92 Å². The van der Waals surface area contributed by atoms with Gasteiger partial charge in [-0.3, -0.25) is 14.7 Å². The molecule has 8 heterocycles. The first kappa shape index (κ1) is 30.5. The van der Waals surface area contributed by atoms with Gasteiger partial charge in [0.05, 0.1) is 24.6 Å². The lowest BCUT2D eigenvalue weighted by Gasteiger charge is -2.34. The number of alkyl halides is 1. The first-order valence-corrected chi connectivity index (χ1v) is 16.8. The maximum absolute atomic E-state index is 16.4. The standard InChI is InChI=1S/C27H27F2N7O2.C7H12FN.2H2/c1-2-38-27-33-24-17(25(34-27)35-11-15-6-7-16(12-35)32-15)8-31-23(22(24)29)18-13-36(26(37)20-9-30-20)10-14-4-3-5-19(28)21(14)18;8-6-4-7-2-1-3-9(7)5-6;;/h3-5,8,13,15-16,20,30,32H,2,6-7,9-12H2,1H3;6-7H,1-5H2;2*1H/t;6-,7?;;/m.1../s1. The molecule has 0 spiro atoms. The van der Waals surface area contributed by atoms with Crippen LogP contribution in [0.1, 0.15) is 58.7 Å². The summed E-state index contributed by atoms with van der Waals surface area (Å²) in [6.07, 6.45) is 8.04. The van der Waals surface area contributed by atoms with Crippen LogP contribution in [0.4, 0.5) is 19.0 Å². The second-order valence-corrected chi connectivity index (χ2v) is 13.4. The molecule has 1 amide bonds. The Kier molecular flexibility index (Phi) is 8.01. The number of fused-ring (bicyclic) bond motifs is 5. The number of piperazine rings is 1. The molecule has 9 rings (SSSR count). The fraction of sp³-hybridized carbons (Fsp3) is 0.529. The Balaban J connectivity index is 0.000000328. The van der Waals surface area contributed by atoms with Crippen molar-refractivity contribution < 1.29 is 25.6 Å². The summed E-state index contributed by atoms with van der Waals surface area (Å²) in [5.41, 5.74) is 1.02. The number of amides is 1. The molecule has 5 fully saturated rings. The second-order valence-electron chi connectivity index (χ2n) is 13.4. The summed E-state index contributed by atoms with van der Waals surface area (Å²) >= 11 is 0. The lowest BCUT2D eigenvalue weighted by atomic mass is 9.93. The van der Waals surface area contributed by atoms with Crippen molar-refractivity contribution in [1.82, 2.24) is 35.4 Å². The maximum Gasteiger partial charge on any atom is 0.319 e. The molecule has 2 N–H and O–H groups in total. The summed E-state index contributed by atoms with van der Waals surface area (Å²) in [6, 6.07) is 5.78. The Bertz CT molecular complexity index is 1720. The van der Waals surface area contributed by atoms with Crippen molar-refractivity contribution in [2.24, 2.45) is 0 Å². The lowest BCUT2D eigenvalue weighted by Crippen LogP contribution is -2.51. The highest BCUT2D eigenvalue weighted by Crippen LogP contribution is 2.38. The van der Waals surface area contributed by atoms with Crippen molar-refractivity contribution >= 4 is 28.2 Å². The summed E-state index contributed by atoms with van der Waals surface area (Å²) in [7, 11) is 0. The molecule has 5 atom stereocenters. The fourth-order valence-corrected chi connectivity index (χ4v) is 7.85. The van der Waals surface area contributed by atoms with Gasteiger partial charge in [-0.2, -0.15) is 9.97 Å². The molecule has 13 heteroatoms. The smallest absolute Gasteiger partial charge is 0.319 e. The monoisotopic (exact) mass is 652 g/mol. The van der Waals surface area contributed by atoms with Crippen LogP contribution in [-0.2, 0) is 11.3 Å². The molecule has 0 aliphatic carbocycles. The molecule has 3 aromatic rings. The third kappa shape index (κ3) is 5.82. The Morgan fingerprint density at radius 1 is 1.13 bits per heavy atom. The molecule has 2 aromatic heterocycles. The van der Waals surface area contributed by atoms with Crippen LogP contribution in [0, 0.1) is 11.6 Å². The van der Waals surface area contributed by atoms with E-state index in [4.69, 9.17) is 4.74 Å². The van der Waals surface area contributed by atoms with E-state index in [0.29, 0.717) is 54.6 Å². The summed E-state index contributed by atoms with van der Waals surface area (Å²) < 4.78 is 49.8. The zero-order valence-electron chi connectivity index (χ0n) is 26.4. The third-order valence-electron chi connectivity index (χ3n) is 10.1. The van der Waals surface area contributed by atoms with Crippen LogP contribution >= 0.6 is 0 Å². The van der Waals surface area contributed by atoms with Gasteiger partial charge < -0.3 is 25.2 Å². The minimum atomic E-state index is -0.704. The Labute approximate surface area is 274 Å². The molecule has 0 saturated carbocycles. The van der Waals surface area contributed by atoms with E-state index in [1.54, 1.807) is 18.3 Å². The van der Waals surface area contributed by atoms with Crippen molar-refractivity contribution in [3.05, 3.63) is 59.1 Å². The Hall–Kier alpha value is -3.81. The Morgan fingerprint density at radius 2 is 1.94 bits per heavy atom. The van der Waals surface area contributed by atoms with Gasteiger partial charge in [0.25, 0.3) is 0 Å². The zero-order chi connectivity index (χ0) is 32.2. The molecule has 6 aliphatic rings. The minimum absolute atomic E-state index is 0. The van der Waals surface area contributed by atoms with Gasteiger partial charge >= 0.3 is 6.01 Å². The largest absolute Gasteiger partial charge is 0.464 e. The van der Waals surface area contributed by atoms with Crippen LogP contribution in [0.2, 0.25) is 0 Å². The number of benzene rings is 1. The quantitative estimate of drug-likeness (QED) is 0.395. The number of hydrogen-bond donors (Lipinski definition) is 2. The number of ether oxygens (including phenoxy) is 1. The van der Waals surface area contributed by atoms with Gasteiger partial charge in [-0.15, -0.1) is 0 Å². The van der Waals surface area contributed by atoms with Crippen molar-refractivity contribution in [2.75, 3.05) is 44.2 Å².